The van der Waals surface area contributed by atoms with Gasteiger partial charge in [-0.3, -0.25) is 4.79 Å². The van der Waals surface area contributed by atoms with Gasteiger partial charge in [-0.05, 0) is 59.5 Å². The highest BCUT2D eigenvalue weighted by Crippen LogP contribution is 2.39. The first-order chi connectivity index (χ1) is 20.0. The van der Waals surface area contributed by atoms with Crippen molar-refractivity contribution in [3.63, 3.8) is 0 Å². The Morgan fingerprint density at radius 1 is 0.905 bits per heavy atom. The largest absolute Gasteiger partial charge is 0.478 e. The van der Waals surface area contributed by atoms with Crippen molar-refractivity contribution in [2.75, 3.05) is 32.6 Å². The second-order valence-corrected chi connectivity index (χ2v) is 9.78. The number of nitrogens with two attached hydrogens (primary N) is 1. The van der Waals surface area contributed by atoms with Gasteiger partial charge in [0, 0.05) is 27.7 Å². The summed E-state index contributed by atoms with van der Waals surface area (Å²) in [6.45, 7) is 1.68. The highest BCUT2D eigenvalue weighted by atomic mass is 19.1. The van der Waals surface area contributed by atoms with Crippen LogP contribution in [0.4, 0.5) is 14.5 Å². The molecule has 218 valence electrons. The average Bonchev–Trinajstić information content (AvgIpc) is 2.95. The van der Waals surface area contributed by atoms with Crippen molar-refractivity contribution in [3.8, 4) is 34.4 Å². The zero-order valence-corrected chi connectivity index (χ0v) is 23.5. The Morgan fingerprint density at radius 2 is 1.55 bits per heavy atom. The van der Waals surface area contributed by atoms with Gasteiger partial charge in [-0.2, -0.15) is 13.8 Å². The van der Waals surface area contributed by atoms with E-state index in [9.17, 15) is 14.7 Å². The molecule has 11 heteroatoms. The lowest BCUT2D eigenvalue weighted by atomic mass is 10.0. The van der Waals surface area contributed by atoms with E-state index < -0.39 is 41.0 Å². The van der Waals surface area contributed by atoms with E-state index in [-0.39, 0.29) is 23.6 Å². The predicted octanol–water partition coefficient (Wildman–Crippen LogP) is 5.60. The number of aryl methyl sites for hydroxylation is 1. The van der Waals surface area contributed by atoms with Gasteiger partial charge in [0.25, 0.3) is 11.8 Å². The molecule has 0 unspecified atom stereocenters. The number of carboxylic acid groups (broad SMARTS) is 1. The van der Waals surface area contributed by atoms with Gasteiger partial charge in [-0.15, -0.1) is 0 Å². The van der Waals surface area contributed by atoms with E-state index in [0.29, 0.717) is 12.1 Å². The maximum Gasteiger partial charge on any atom is 0.339 e. The number of benzene rings is 3. The molecule has 4 rings (SSSR count). The summed E-state index contributed by atoms with van der Waals surface area (Å²) in [5, 5.41) is 9.61. The summed E-state index contributed by atoms with van der Waals surface area (Å²) in [6.07, 6.45) is 0. The third-order valence-corrected chi connectivity index (χ3v) is 6.37. The molecule has 0 aliphatic heterocycles. The molecule has 4 aromatic rings. The van der Waals surface area contributed by atoms with Crippen LogP contribution in [0.25, 0.3) is 11.1 Å². The van der Waals surface area contributed by atoms with Crippen LogP contribution in [-0.4, -0.2) is 54.6 Å². The smallest absolute Gasteiger partial charge is 0.339 e. The van der Waals surface area contributed by atoms with Crippen LogP contribution in [0.15, 0.2) is 66.7 Å². The second kappa shape index (κ2) is 12.6. The number of hydrogen-bond acceptors (Lipinski definition) is 7. The van der Waals surface area contributed by atoms with Crippen LogP contribution >= 0.6 is 0 Å². The Morgan fingerprint density at radius 3 is 2.19 bits per heavy atom. The topological polar surface area (TPSA) is 118 Å². The Hall–Kier alpha value is -5.03. The Labute approximate surface area is 241 Å². The first-order valence-electron chi connectivity index (χ1n) is 12.9. The lowest BCUT2D eigenvalue weighted by Gasteiger charge is -2.23. The van der Waals surface area contributed by atoms with E-state index in [2.05, 4.69) is 4.98 Å². The summed E-state index contributed by atoms with van der Waals surface area (Å²) in [7, 11) is 4.36. The molecule has 3 N–H and O–H groups in total. The molecule has 0 saturated heterocycles. The highest BCUT2D eigenvalue weighted by molar-refractivity contribution is 5.91. The molecule has 0 saturated carbocycles. The maximum atomic E-state index is 15.9. The standard InChI is InChI=1S/C31H30F2N4O5/c1-18-11-12-23(31(39)40)24(13-18)42-30-27(33)28(37(4)17-25(38)36(2)3)26(32)29(35-30)41-22-10-6-9-21(15-22)20-8-5-7-19(14-20)16-34/h5-15H,16-17,34H2,1-4H3,(H,39,40). The number of carbonyl (C=O) groups is 2. The minimum Gasteiger partial charge on any atom is -0.478 e. The van der Waals surface area contributed by atoms with Crippen LogP contribution in [0.1, 0.15) is 21.5 Å². The number of pyridine rings is 1. The van der Waals surface area contributed by atoms with Crippen molar-refractivity contribution >= 4 is 17.6 Å². The molecule has 1 heterocycles. The zero-order chi connectivity index (χ0) is 30.6. The molecule has 0 bridgehead atoms. The highest BCUT2D eigenvalue weighted by Gasteiger charge is 2.28. The molecule has 0 aliphatic carbocycles. The molecule has 0 aliphatic rings. The van der Waals surface area contributed by atoms with Gasteiger partial charge in [0.15, 0.2) is 0 Å². The molecule has 0 radical (unpaired) electrons. The number of anilines is 1. The Bertz CT molecular complexity index is 1640. The van der Waals surface area contributed by atoms with Gasteiger partial charge in [0.05, 0.1) is 6.54 Å². The number of aromatic carboxylic acids is 1. The third-order valence-electron chi connectivity index (χ3n) is 6.37. The van der Waals surface area contributed by atoms with Crippen LogP contribution < -0.4 is 20.1 Å². The molecule has 42 heavy (non-hydrogen) atoms. The minimum atomic E-state index is -1.31. The summed E-state index contributed by atoms with van der Waals surface area (Å²) < 4.78 is 43.1. The van der Waals surface area contributed by atoms with Crippen molar-refractivity contribution in [3.05, 3.63) is 95.1 Å². The third kappa shape index (κ3) is 6.64. The van der Waals surface area contributed by atoms with Gasteiger partial charge < -0.3 is 30.1 Å². The van der Waals surface area contributed by atoms with Crippen LogP contribution in [-0.2, 0) is 11.3 Å². The Balaban J connectivity index is 1.81. The number of hydrogen-bond donors (Lipinski definition) is 2. The fraction of sp³-hybridized carbons (Fsp3) is 0.194. The lowest BCUT2D eigenvalue weighted by molar-refractivity contribution is -0.127. The summed E-state index contributed by atoms with van der Waals surface area (Å²) in [5.41, 5.74) is 8.04. The van der Waals surface area contributed by atoms with E-state index in [1.54, 1.807) is 31.2 Å². The molecule has 1 aromatic heterocycles. The van der Waals surface area contributed by atoms with Gasteiger partial charge in [-0.1, -0.05) is 36.4 Å². The first kappa shape index (κ1) is 29.9. The number of nitrogens with zero attached hydrogens (tertiary/aromatic N) is 3. The average molecular weight is 577 g/mol. The van der Waals surface area contributed by atoms with Crippen LogP contribution in [0.5, 0.6) is 23.3 Å². The molecule has 0 spiro atoms. The molecule has 1 amide bonds. The van der Waals surface area contributed by atoms with Crippen molar-refractivity contribution in [1.82, 2.24) is 9.88 Å². The zero-order valence-electron chi connectivity index (χ0n) is 23.5. The van der Waals surface area contributed by atoms with Crippen LogP contribution in [0.2, 0.25) is 0 Å². The van der Waals surface area contributed by atoms with Gasteiger partial charge in [-0.25, -0.2) is 4.79 Å². The minimum absolute atomic E-state index is 0.189. The van der Waals surface area contributed by atoms with Crippen LogP contribution in [0.3, 0.4) is 0 Å². The van der Waals surface area contributed by atoms with Gasteiger partial charge in [0.1, 0.15) is 22.7 Å². The summed E-state index contributed by atoms with van der Waals surface area (Å²) in [5.74, 6) is -5.52. The molecule has 3 aromatic carbocycles. The molecule has 0 atom stereocenters. The summed E-state index contributed by atoms with van der Waals surface area (Å²) in [6, 6.07) is 18.6. The van der Waals surface area contributed by atoms with E-state index in [4.69, 9.17) is 15.2 Å². The monoisotopic (exact) mass is 576 g/mol. The van der Waals surface area contributed by atoms with Crippen LogP contribution in [0, 0.1) is 18.6 Å². The quantitative estimate of drug-likeness (QED) is 0.251. The number of ether oxygens (including phenoxy) is 2. The number of carboxylic acids is 1. The number of halogens is 2. The number of rotatable bonds is 10. The Kier molecular flexibility index (Phi) is 9.02. The fourth-order valence-corrected chi connectivity index (χ4v) is 4.11. The van der Waals surface area contributed by atoms with Crippen molar-refractivity contribution in [2.24, 2.45) is 5.73 Å². The summed E-state index contributed by atoms with van der Waals surface area (Å²) >= 11 is 0. The van der Waals surface area contributed by atoms with E-state index in [1.807, 2.05) is 30.3 Å². The molecule has 9 nitrogen and oxygen atoms in total. The van der Waals surface area contributed by atoms with Gasteiger partial charge in [0.2, 0.25) is 17.5 Å². The number of amides is 1. The molecule has 0 fully saturated rings. The predicted molar refractivity (Wildman–Crippen MR) is 154 cm³/mol. The van der Waals surface area contributed by atoms with Gasteiger partial charge >= 0.3 is 5.97 Å². The van der Waals surface area contributed by atoms with E-state index in [0.717, 1.165) is 21.6 Å². The van der Waals surface area contributed by atoms with E-state index >= 15 is 8.78 Å². The lowest BCUT2D eigenvalue weighted by Crippen LogP contribution is -2.35. The number of likely N-dealkylation sites (N-methyl/N-ethyl adjacent to an activating group) is 2. The van der Waals surface area contributed by atoms with Crippen molar-refractivity contribution < 1.29 is 33.0 Å². The number of carbonyl (C=O) groups excluding carboxylic acids is 1. The fourth-order valence-electron chi connectivity index (χ4n) is 4.11. The maximum absolute atomic E-state index is 15.9. The first-order valence-corrected chi connectivity index (χ1v) is 12.9. The second-order valence-electron chi connectivity index (χ2n) is 9.78. The van der Waals surface area contributed by atoms with Crippen molar-refractivity contribution in [2.45, 2.75) is 13.5 Å². The van der Waals surface area contributed by atoms with E-state index in [1.165, 1.54) is 38.2 Å². The molecular weight excluding hydrogens is 546 g/mol. The molecular formula is C31H30F2N4O5. The summed E-state index contributed by atoms with van der Waals surface area (Å²) in [4.78, 5) is 30.4. The SMILES string of the molecule is Cc1ccc(C(=O)O)c(Oc2nc(Oc3cccc(-c4cccc(CN)c4)c3)c(F)c(N(C)CC(=O)N(C)C)c2F)c1. The number of aromatic nitrogens is 1. The normalized spacial score (nSPS) is 10.7. The van der Waals surface area contributed by atoms with Crippen molar-refractivity contribution in [1.29, 1.82) is 0 Å².